The molecule has 0 spiro atoms. The monoisotopic (exact) mass is 251 g/mol. The molecule has 1 aromatic rings. The van der Waals surface area contributed by atoms with Crippen LogP contribution in [0.3, 0.4) is 0 Å². The number of phenols is 1. The summed E-state index contributed by atoms with van der Waals surface area (Å²) in [7, 11) is 0. The van der Waals surface area contributed by atoms with Crippen LogP contribution in [0, 0.1) is 5.92 Å². The second kappa shape index (κ2) is 5.87. The zero-order valence-electron chi connectivity index (χ0n) is 10.9. The Morgan fingerprint density at radius 3 is 2.67 bits per heavy atom. The average Bonchev–Trinajstić information content (AvgIpc) is 2.27. The lowest BCUT2D eigenvalue weighted by Crippen LogP contribution is -2.46. The molecular formula is C14H21NO3. The summed E-state index contributed by atoms with van der Waals surface area (Å²) >= 11 is 0. The molecule has 4 N–H and O–H groups in total. The molecule has 4 heteroatoms. The molecule has 0 radical (unpaired) electrons. The van der Waals surface area contributed by atoms with E-state index < -0.39 is 11.5 Å². The van der Waals surface area contributed by atoms with Gasteiger partial charge in [-0.05, 0) is 43.4 Å². The largest absolute Gasteiger partial charge is 0.508 e. The summed E-state index contributed by atoms with van der Waals surface area (Å²) < 4.78 is 0. The SMILES string of the molecule is CCC(Cc1cccc(O)c1)CC(C)(N)C(=O)O. The lowest BCUT2D eigenvalue weighted by Gasteiger charge is -2.25. The van der Waals surface area contributed by atoms with Crippen LogP contribution in [0.25, 0.3) is 0 Å². The Hall–Kier alpha value is -1.55. The number of rotatable bonds is 6. The van der Waals surface area contributed by atoms with E-state index in [2.05, 4.69) is 0 Å². The van der Waals surface area contributed by atoms with Gasteiger partial charge in [-0.25, -0.2) is 0 Å². The molecule has 1 aromatic carbocycles. The molecule has 0 aliphatic rings. The third kappa shape index (κ3) is 4.04. The molecule has 0 fully saturated rings. The van der Waals surface area contributed by atoms with Gasteiger partial charge in [0.1, 0.15) is 11.3 Å². The first-order valence-electron chi connectivity index (χ1n) is 6.15. The molecule has 4 nitrogen and oxygen atoms in total. The number of carboxylic acids is 1. The second-order valence-corrected chi connectivity index (χ2v) is 5.08. The number of benzene rings is 1. The van der Waals surface area contributed by atoms with Gasteiger partial charge in [0.15, 0.2) is 0 Å². The van der Waals surface area contributed by atoms with Crippen LogP contribution in [0.4, 0.5) is 0 Å². The van der Waals surface area contributed by atoms with E-state index in [4.69, 9.17) is 10.8 Å². The van der Waals surface area contributed by atoms with Gasteiger partial charge in [-0.15, -0.1) is 0 Å². The maximum Gasteiger partial charge on any atom is 0.323 e. The van der Waals surface area contributed by atoms with E-state index in [9.17, 15) is 9.90 Å². The highest BCUT2D eigenvalue weighted by atomic mass is 16.4. The first-order valence-corrected chi connectivity index (χ1v) is 6.15. The van der Waals surface area contributed by atoms with Crippen molar-refractivity contribution in [3.63, 3.8) is 0 Å². The Kier molecular flexibility index (Phi) is 4.73. The number of hydrogen-bond donors (Lipinski definition) is 3. The van der Waals surface area contributed by atoms with Crippen LogP contribution in [-0.4, -0.2) is 21.7 Å². The predicted molar refractivity (Wildman–Crippen MR) is 70.4 cm³/mol. The summed E-state index contributed by atoms with van der Waals surface area (Å²) in [4.78, 5) is 11.0. The Morgan fingerprint density at radius 2 is 2.17 bits per heavy atom. The molecule has 0 amide bonds. The number of aliphatic carboxylic acids is 1. The summed E-state index contributed by atoms with van der Waals surface area (Å²) in [6.07, 6.45) is 2.01. The van der Waals surface area contributed by atoms with Crippen LogP contribution in [0.5, 0.6) is 5.75 Å². The Morgan fingerprint density at radius 1 is 1.50 bits per heavy atom. The van der Waals surface area contributed by atoms with E-state index in [1.807, 2.05) is 13.0 Å². The van der Waals surface area contributed by atoms with Crippen molar-refractivity contribution in [1.82, 2.24) is 0 Å². The van der Waals surface area contributed by atoms with Gasteiger partial charge in [0.2, 0.25) is 0 Å². The van der Waals surface area contributed by atoms with Gasteiger partial charge >= 0.3 is 5.97 Å². The van der Waals surface area contributed by atoms with Crippen molar-refractivity contribution in [3.8, 4) is 5.75 Å². The van der Waals surface area contributed by atoms with E-state index in [0.29, 0.717) is 6.42 Å². The van der Waals surface area contributed by atoms with Gasteiger partial charge < -0.3 is 15.9 Å². The molecule has 0 heterocycles. The third-order valence-corrected chi connectivity index (χ3v) is 3.21. The number of carboxylic acid groups (broad SMARTS) is 1. The summed E-state index contributed by atoms with van der Waals surface area (Å²) in [5.41, 5.74) is 5.58. The molecule has 2 unspecified atom stereocenters. The van der Waals surface area contributed by atoms with Gasteiger partial charge in [0, 0.05) is 0 Å². The molecular weight excluding hydrogens is 230 g/mol. The minimum absolute atomic E-state index is 0.192. The molecule has 1 rings (SSSR count). The Labute approximate surface area is 107 Å². The Bertz CT molecular complexity index is 415. The van der Waals surface area contributed by atoms with Crippen molar-refractivity contribution in [2.75, 3.05) is 0 Å². The lowest BCUT2D eigenvalue weighted by atomic mass is 9.84. The molecule has 2 atom stereocenters. The molecule has 0 saturated heterocycles. The predicted octanol–water partition coefficient (Wildman–Crippen LogP) is 2.15. The van der Waals surface area contributed by atoms with E-state index in [0.717, 1.165) is 18.4 Å². The summed E-state index contributed by atoms with van der Waals surface area (Å²) in [5, 5.41) is 18.4. The molecule has 0 aromatic heterocycles. The van der Waals surface area contributed by atoms with Crippen LogP contribution < -0.4 is 5.73 Å². The fourth-order valence-corrected chi connectivity index (χ4v) is 2.06. The molecule has 100 valence electrons. The third-order valence-electron chi connectivity index (χ3n) is 3.21. The fourth-order valence-electron chi connectivity index (χ4n) is 2.06. The maximum atomic E-state index is 11.0. The van der Waals surface area contributed by atoms with Crippen molar-refractivity contribution in [1.29, 1.82) is 0 Å². The zero-order valence-corrected chi connectivity index (χ0v) is 10.9. The quantitative estimate of drug-likeness (QED) is 0.723. The highest BCUT2D eigenvalue weighted by molar-refractivity contribution is 5.77. The minimum atomic E-state index is -1.20. The van der Waals surface area contributed by atoms with Gasteiger partial charge in [0.25, 0.3) is 0 Å². The van der Waals surface area contributed by atoms with E-state index >= 15 is 0 Å². The van der Waals surface area contributed by atoms with E-state index in [1.54, 1.807) is 25.1 Å². The van der Waals surface area contributed by atoms with Crippen LogP contribution in [0.15, 0.2) is 24.3 Å². The van der Waals surface area contributed by atoms with Crippen LogP contribution in [-0.2, 0) is 11.2 Å². The number of nitrogens with two attached hydrogens (primary N) is 1. The lowest BCUT2D eigenvalue weighted by molar-refractivity contribution is -0.143. The summed E-state index contributed by atoms with van der Waals surface area (Å²) in [6.45, 7) is 3.56. The van der Waals surface area contributed by atoms with E-state index in [-0.39, 0.29) is 11.7 Å². The topological polar surface area (TPSA) is 83.5 Å². The molecule has 0 aliphatic carbocycles. The van der Waals surface area contributed by atoms with Gasteiger partial charge in [-0.1, -0.05) is 25.5 Å². The highest BCUT2D eigenvalue weighted by Gasteiger charge is 2.30. The Balaban J connectivity index is 2.71. The smallest absolute Gasteiger partial charge is 0.323 e. The summed E-state index contributed by atoms with van der Waals surface area (Å²) in [5.74, 6) is -0.550. The van der Waals surface area contributed by atoms with Crippen molar-refractivity contribution in [2.24, 2.45) is 11.7 Å². The van der Waals surface area contributed by atoms with Gasteiger partial charge in [-0.3, -0.25) is 4.79 Å². The first kappa shape index (κ1) is 14.5. The fraction of sp³-hybridized carbons (Fsp3) is 0.500. The van der Waals surface area contributed by atoms with Gasteiger partial charge in [-0.2, -0.15) is 0 Å². The van der Waals surface area contributed by atoms with Crippen LogP contribution in [0.2, 0.25) is 0 Å². The number of carbonyl (C=O) groups is 1. The maximum absolute atomic E-state index is 11.0. The minimum Gasteiger partial charge on any atom is -0.508 e. The van der Waals surface area contributed by atoms with Crippen molar-refractivity contribution >= 4 is 5.97 Å². The van der Waals surface area contributed by atoms with Crippen molar-refractivity contribution < 1.29 is 15.0 Å². The number of hydrogen-bond acceptors (Lipinski definition) is 3. The van der Waals surface area contributed by atoms with Gasteiger partial charge in [0.05, 0.1) is 0 Å². The standard InChI is InChI=1S/C14H21NO3/c1-3-10(9-14(2,15)13(17)18)7-11-5-4-6-12(16)8-11/h4-6,8,10,16H,3,7,9,15H2,1-2H3,(H,17,18). The first-order chi connectivity index (χ1) is 8.35. The number of phenolic OH excluding ortho intramolecular Hbond substituents is 1. The average molecular weight is 251 g/mol. The normalized spacial score (nSPS) is 15.9. The van der Waals surface area contributed by atoms with Crippen LogP contribution >= 0.6 is 0 Å². The summed E-state index contributed by atoms with van der Waals surface area (Å²) in [6, 6.07) is 7.04. The van der Waals surface area contributed by atoms with Crippen molar-refractivity contribution in [2.45, 2.75) is 38.6 Å². The van der Waals surface area contributed by atoms with Crippen molar-refractivity contribution in [3.05, 3.63) is 29.8 Å². The molecule has 18 heavy (non-hydrogen) atoms. The second-order valence-electron chi connectivity index (χ2n) is 5.08. The molecule has 0 bridgehead atoms. The molecule has 0 aliphatic heterocycles. The highest BCUT2D eigenvalue weighted by Crippen LogP contribution is 2.23. The zero-order chi connectivity index (χ0) is 13.8. The molecule has 0 saturated carbocycles. The van der Waals surface area contributed by atoms with E-state index in [1.165, 1.54) is 0 Å². The number of aromatic hydroxyl groups is 1. The van der Waals surface area contributed by atoms with Crippen LogP contribution in [0.1, 0.15) is 32.3 Å².